The number of benzene rings is 1. The van der Waals surface area contributed by atoms with E-state index in [9.17, 15) is 4.79 Å². The van der Waals surface area contributed by atoms with E-state index in [2.05, 4.69) is 5.10 Å². The van der Waals surface area contributed by atoms with Crippen LogP contribution in [0.1, 0.15) is 16.2 Å². The number of hydrogen-bond donors (Lipinski definition) is 0. The van der Waals surface area contributed by atoms with Gasteiger partial charge in [-0.1, -0.05) is 34.8 Å². The molecule has 0 fully saturated rings. The summed E-state index contributed by atoms with van der Waals surface area (Å²) < 4.78 is 1.41. The van der Waals surface area contributed by atoms with Crippen LogP contribution in [0.2, 0.25) is 15.1 Å². The second kappa shape index (κ2) is 4.69. The van der Waals surface area contributed by atoms with Gasteiger partial charge in [-0.25, -0.2) is 4.68 Å². The fourth-order valence-corrected chi connectivity index (χ4v) is 2.50. The Morgan fingerprint density at radius 1 is 1.18 bits per heavy atom. The van der Waals surface area contributed by atoms with Crippen molar-refractivity contribution < 1.29 is 4.79 Å². The molecule has 1 aromatic heterocycles. The molecule has 0 aliphatic carbocycles. The Kier molecular flexibility index (Phi) is 3.43. The summed E-state index contributed by atoms with van der Waals surface area (Å²) in [5.41, 5.74) is 1.54. The number of rotatable bonds is 2. The van der Waals surface area contributed by atoms with Gasteiger partial charge in [0.2, 0.25) is 0 Å². The zero-order valence-electron chi connectivity index (χ0n) is 8.75. The molecule has 88 valence electrons. The Bertz CT molecular complexity index is 569. The highest BCUT2D eigenvalue weighted by molar-refractivity contribution is 6.40. The van der Waals surface area contributed by atoms with Gasteiger partial charge < -0.3 is 0 Å². The van der Waals surface area contributed by atoms with Crippen LogP contribution >= 0.6 is 34.8 Å². The van der Waals surface area contributed by atoms with Crippen LogP contribution in [-0.2, 0) is 0 Å². The predicted octanol–water partition coefficient (Wildman–Crippen LogP) is 3.95. The molecule has 0 aliphatic heterocycles. The van der Waals surface area contributed by atoms with Gasteiger partial charge in [-0.15, -0.1) is 0 Å². The number of halogens is 3. The lowest BCUT2D eigenvalue weighted by atomic mass is 10.3. The first-order valence-electron chi connectivity index (χ1n) is 4.69. The van der Waals surface area contributed by atoms with E-state index in [1.54, 1.807) is 25.1 Å². The fourth-order valence-electron chi connectivity index (χ4n) is 1.52. The molecule has 2 aromatic rings. The van der Waals surface area contributed by atoms with E-state index in [1.165, 1.54) is 4.68 Å². The molecular formula is C11H7Cl3N2O. The maximum Gasteiger partial charge on any atom is 0.168 e. The summed E-state index contributed by atoms with van der Waals surface area (Å²) in [6, 6.07) is 4.75. The Hall–Kier alpha value is -1.03. The molecule has 0 saturated carbocycles. The third kappa shape index (κ3) is 2.32. The van der Waals surface area contributed by atoms with Crippen LogP contribution in [0, 0.1) is 6.92 Å². The van der Waals surface area contributed by atoms with E-state index >= 15 is 0 Å². The summed E-state index contributed by atoms with van der Waals surface area (Å²) in [7, 11) is 0. The van der Waals surface area contributed by atoms with Crippen molar-refractivity contribution in [2.45, 2.75) is 6.92 Å². The second-order valence-electron chi connectivity index (χ2n) is 3.46. The van der Waals surface area contributed by atoms with Gasteiger partial charge in [-0.05, 0) is 25.1 Å². The van der Waals surface area contributed by atoms with Gasteiger partial charge in [0, 0.05) is 5.02 Å². The highest BCUT2D eigenvalue weighted by atomic mass is 35.5. The summed E-state index contributed by atoms with van der Waals surface area (Å²) >= 11 is 17.9. The molecule has 17 heavy (non-hydrogen) atoms. The third-order valence-electron chi connectivity index (χ3n) is 2.17. The number of nitrogens with zero attached hydrogens (tertiary/aromatic N) is 2. The first-order chi connectivity index (χ1) is 8.02. The molecule has 0 aliphatic rings. The van der Waals surface area contributed by atoms with E-state index in [4.69, 9.17) is 34.8 Å². The van der Waals surface area contributed by atoms with E-state index < -0.39 is 0 Å². The predicted molar refractivity (Wildman–Crippen MR) is 68.7 cm³/mol. The lowest BCUT2D eigenvalue weighted by molar-refractivity contribution is 0.111. The smallest absolute Gasteiger partial charge is 0.168 e. The quantitative estimate of drug-likeness (QED) is 0.785. The van der Waals surface area contributed by atoms with Gasteiger partial charge in [-0.2, -0.15) is 5.10 Å². The number of carbonyl (C=O) groups excluding carboxylic acids is 1. The summed E-state index contributed by atoms with van der Waals surface area (Å²) in [6.07, 6.45) is 0.696. The van der Waals surface area contributed by atoms with Crippen LogP contribution in [0.25, 0.3) is 5.69 Å². The van der Waals surface area contributed by atoms with Gasteiger partial charge >= 0.3 is 0 Å². The van der Waals surface area contributed by atoms with E-state index in [0.29, 0.717) is 38.4 Å². The summed E-state index contributed by atoms with van der Waals surface area (Å²) in [5, 5.41) is 5.29. The van der Waals surface area contributed by atoms with Crippen LogP contribution in [-0.4, -0.2) is 16.1 Å². The molecular weight excluding hydrogens is 282 g/mol. The average Bonchev–Trinajstić information content (AvgIpc) is 2.58. The molecule has 6 heteroatoms. The van der Waals surface area contributed by atoms with E-state index in [0.717, 1.165) is 0 Å². The molecule has 2 rings (SSSR count). The lowest BCUT2D eigenvalue weighted by Gasteiger charge is -2.09. The monoisotopic (exact) mass is 288 g/mol. The molecule has 0 radical (unpaired) electrons. The minimum absolute atomic E-state index is 0.341. The summed E-state index contributed by atoms with van der Waals surface area (Å²) in [4.78, 5) is 10.9. The van der Waals surface area contributed by atoms with Crippen LogP contribution < -0.4 is 0 Å². The molecule has 1 aromatic carbocycles. The highest BCUT2D eigenvalue weighted by Gasteiger charge is 2.14. The molecule has 0 bridgehead atoms. The summed E-state index contributed by atoms with van der Waals surface area (Å²) in [6.45, 7) is 1.78. The number of carbonyl (C=O) groups is 1. The lowest BCUT2D eigenvalue weighted by Crippen LogP contribution is -2.03. The van der Waals surface area contributed by atoms with Crippen LogP contribution in [0.15, 0.2) is 18.2 Å². The maximum atomic E-state index is 10.9. The third-order valence-corrected chi connectivity index (χ3v) is 2.97. The van der Waals surface area contributed by atoms with Crippen LogP contribution in [0.4, 0.5) is 0 Å². The molecule has 0 amide bonds. The first-order valence-corrected chi connectivity index (χ1v) is 5.83. The van der Waals surface area contributed by atoms with E-state index in [1.807, 2.05) is 0 Å². The molecule has 0 atom stereocenters. The molecule has 0 spiro atoms. The highest BCUT2D eigenvalue weighted by Crippen LogP contribution is 2.32. The maximum absolute atomic E-state index is 10.9. The second-order valence-corrected chi connectivity index (χ2v) is 4.71. The number of aromatic nitrogens is 2. The van der Waals surface area contributed by atoms with Crippen molar-refractivity contribution in [1.29, 1.82) is 0 Å². The van der Waals surface area contributed by atoms with Gasteiger partial charge in [0.15, 0.2) is 6.29 Å². The zero-order chi connectivity index (χ0) is 12.6. The van der Waals surface area contributed by atoms with Crippen molar-refractivity contribution in [1.82, 2.24) is 9.78 Å². The van der Waals surface area contributed by atoms with Gasteiger partial charge in [0.05, 0.1) is 15.7 Å². The Morgan fingerprint density at radius 2 is 1.76 bits per heavy atom. The number of aryl methyl sites for hydroxylation is 1. The SMILES string of the molecule is Cc1cc(C=O)n(-c2c(Cl)cc(Cl)cc2Cl)n1. The van der Waals surface area contributed by atoms with Crippen molar-refractivity contribution in [3.63, 3.8) is 0 Å². The largest absolute Gasteiger partial charge is 0.296 e. The molecule has 1 heterocycles. The Balaban J connectivity index is 2.72. The van der Waals surface area contributed by atoms with Crippen molar-refractivity contribution in [3.8, 4) is 5.69 Å². The van der Waals surface area contributed by atoms with Gasteiger partial charge in [0.1, 0.15) is 11.4 Å². The minimum atomic E-state index is 0.341. The van der Waals surface area contributed by atoms with Crippen molar-refractivity contribution in [3.05, 3.63) is 44.7 Å². The average molecular weight is 290 g/mol. The fraction of sp³-hybridized carbons (Fsp3) is 0.0909. The van der Waals surface area contributed by atoms with E-state index in [-0.39, 0.29) is 0 Å². The summed E-state index contributed by atoms with van der Waals surface area (Å²) in [5.74, 6) is 0. The Labute approximate surface area is 113 Å². The molecule has 0 saturated heterocycles. The first kappa shape index (κ1) is 12.4. The van der Waals surface area contributed by atoms with Crippen LogP contribution in [0.5, 0.6) is 0 Å². The zero-order valence-corrected chi connectivity index (χ0v) is 11.0. The Morgan fingerprint density at radius 3 is 2.29 bits per heavy atom. The van der Waals surface area contributed by atoms with Crippen LogP contribution in [0.3, 0.4) is 0 Å². The molecule has 0 N–H and O–H groups in total. The standard InChI is InChI=1S/C11H7Cl3N2O/c1-6-2-8(5-17)16(15-6)11-9(13)3-7(12)4-10(11)14/h2-5H,1H3. The molecule has 3 nitrogen and oxygen atoms in total. The van der Waals surface area contributed by atoms with Crippen molar-refractivity contribution >= 4 is 41.1 Å². The van der Waals surface area contributed by atoms with Gasteiger partial charge in [0.25, 0.3) is 0 Å². The topological polar surface area (TPSA) is 34.9 Å². The normalized spacial score (nSPS) is 10.6. The van der Waals surface area contributed by atoms with Crippen molar-refractivity contribution in [2.75, 3.05) is 0 Å². The molecule has 0 unspecified atom stereocenters. The minimum Gasteiger partial charge on any atom is -0.296 e. The number of aldehydes is 1. The number of hydrogen-bond acceptors (Lipinski definition) is 2. The van der Waals surface area contributed by atoms with Gasteiger partial charge in [-0.3, -0.25) is 4.79 Å². The van der Waals surface area contributed by atoms with Crippen molar-refractivity contribution in [2.24, 2.45) is 0 Å².